The number of hydrogen-bond acceptors (Lipinski definition) is 6. The first-order chi connectivity index (χ1) is 14.9. The van der Waals surface area contributed by atoms with Gasteiger partial charge in [0, 0.05) is 17.0 Å². The second-order valence-electron chi connectivity index (χ2n) is 7.10. The molecule has 1 aromatic heterocycles. The molecule has 0 saturated heterocycles. The number of rotatable bonds is 7. The van der Waals surface area contributed by atoms with Crippen LogP contribution in [0.4, 0.5) is 4.79 Å². The van der Waals surface area contributed by atoms with Crippen LogP contribution in [-0.4, -0.2) is 18.1 Å². The van der Waals surface area contributed by atoms with Crippen LogP contribution in [0.3, 0.4) is 0 Å². The second-order valence-corrected chi connectivity index (χ2v) is 7.10. The van der Waals surface area contributed by atoms with Crippen LogP contribution in [0.5, 0.6) is 5.75 Å². The Balaban J connectivity index is 1.70. The lowest BCUT2D eigenvalue weighted by atomic mass is 10.0. The quantitative estimate of drug-likeness (QED) is 0.346. The van der Waals surface area contributed by atoms with Crippen LogP contribution >= 0.6 is 0 Å². The number of hydrogen-bond donors (Lipinski definition) is 1. The Labute approximate surface area is 180 Å². The first-order valence-electron chi connectivity index (χ1n) is 10.2. The minimum atomic E-state index is -0.882. The number of aryl methyl sites for hydroxylation is 2. The van der Waals surface area contributed by atoms with E-state index in [1.54, 1.807) is 26.0 Å². The smallest absolute Gasteiger partial charge is 0.408 e. The lowest BCUT2D eigenvalue weighted by Gasteiger charge is -2.17. The molecule has 0 aliphatic heterocycles. The first-order valence-corrected chi connectivity index (χ1v) is 10.2. The maximum atomic E-state index is 12.6. The Morgan fingerprint density at radius 2 is 1.84 bits per heavy atom. The van der Waals surface area contributed by atoms with Crippen molar-refractivity contribution in [1.29, 1.82) is 0 Å². The average Bonchev–Trinajstić information content (AvgIpc) is 2.78. The molecule has 0 bridgehead atoms. The predicted octanol–water partition coefficient (Wildman–Crippen LogP) is 4.27. The van der Waals surface area contributed by atoms with Crippen molar-refractivity contribution >= 4 is 23.0 Å². The maximum absolute atomic E-state index is 12.6. The van der Waals surface area contributed by atoms with Gasteiger partial charge < -0.3 is 19.2 Å². The van der Waals surface area contributed by atoms with Gasteiger partial charge >= 0.3 is 17.7 Å². The zero-order valence-corrected chi connectivity index (χ0v) is 17.8. The molecule has 0 radical (unpaired) electrons. The standard InChI is InChI=1S/C24H25NO6/c1-4-17-13-21(26)31-22-15(3)20(12-11-18(17)22)30-23(27)19(5-2)25-24(28)29-14-16-9-7-6-8-10-16/h6-13,19H,4-5,14H2,1-3H3,(H,25,28)/t19-/m1/s1. The van der Waals surface area contributed by atoms with Crippen LogP contribution in [0.15, 0.2) is 57.7 Å². The van der Waals surface area contributed by atoms with E-state index in [9.17, 15) is 14.4 Å². The fourth-order valence-electron chi connectivity index (χ4n) is 3.23. The molecule has 0 unspecified atom stereocenters. The van der Waals surface area contributed by atoms with Gasteiger partial charge in [-0.25, -0.2) is 14.4 Å². The van der Waals surface area contributed by atoms with Crippen LogP contribution in [0, 0.1) is 6.92 Å². The minimum absolute atomic E-state index is 0.0979. The number of fused-ring (bicyclic) bond motifs is 1. The lowest BCUT2D eigenvalue weighted by molar-refractivity contribution is -0.136. The SMILES string of the molecule is CCc1cc(=O)oc2c(C)c(OC(=O)[C@@H](CC)NC(=O)OCc3ccccc3)ccc12. The number of benzene rings is 2. The summed E-state index contributed by atoms with van der Waals surface area (Å²) in [4.78, 5) is 36.6. The van der Waals surface area contributed by atoms with Crippen molar-refractivity contribution in [3.63, 3.8) is 0 Å². The molecule has 7 nitrogen and oxygen atoms in total. The van der Waals surface area contributed by atoms with Gasteiger partial charge in [0.2, 0.25) is 0 Å². The van der Waals surface area contributed by atoms with Gasteiger partial charge in [-0.05, 0) is 43.0 Å². The van der Waals surface area contributed by atoms with E-state index in [2.05, 4.69) is 5.32 Å². The summed E-state index contributed by atoms with van der Waals surface area (Å²) in [7, 11) is 0. The Morgan fingerprint density at radius 1 is 1.10 bits per heavy atom. The predicted molar refractivity (Wildman–Crippen MR) is 116 cm³/mol. The average molecular weight is 423 g/mol. The topological polar surface area (TPSA) is 94.8 Å². The summed E-state index contributed by atoms with van der Waals surface area (Å²) >= 11 is 0. The van der Waals surface area contributed by atoms with E-state index < -0.39 is 23.7 Å². The Morgan fingerprint density at radius 3 is 2.52 bits per heavy atom. The summed E-state index contributed by atoms with van der Waals surface area (Å²) in [5.41, 5.74) is 2.18. The Hall–Kier alpha value is -3.61. The third-order valence-electron chi connectivity index (χ3n) is 4.99. The number of carbonyl (C=O) groups excluding carboxylic acids is 2. The van der Waals surface area contributed by atoms with Gasteiger partial charge in [-0.2, -0.15) is 0 Å². The van der Waals surface area contributed by atoms with Crippen molar-refractivity contribution in [2.75, 3.05) is 0 Å². The van der Waals surface area contributed by atoms with Gasteiger partial charge in [0.1, 0.15) is 24.0 Å². The summed E-state index contributed by atoms with van der Waals surface area (Å²) in [6.45, 7) is 5.52. The highest BCUT2D eigenvalue weighted by atomic mass is 16.6. The molecule has 7 heteroatoms. The number of alkyl carbamates (subject to hydrolysis) is 1. The summed E-state index contributed by atoms with van der Waals surface area (Å²) in [5, 5.41) is 3.33. The maximum Gasteiger partial charge on any atom is 0.408 e. The third-order valence-corrected chi connectivity index (χ3v) is 4.99. The second kappa shape index (κ2) is 9.93. The number of carbonyl (C=O) groups is 2. The van der Waals surface area contributed by atoms with Crippen molar-refractivity contribution in [2.45, 2.75) is 46.3 Å². The normalized spacial score (nSPS) is 11.7. The van der Waals surface area contributed by atoms with E-state index >= 15 is 0 Å². The zero-order valence-electron chi connectivity index (χ0n) is 17.8. The van der Waals surface area contributed by atoms with Gasteiger partial charge in [0.15, 0.2) is 0 Å². The highest BCUT2D eigenvalue weighted by Crippen LogP contribution is 2.29. The molecule has 0 saturated carbocycles. The third kappa shape index (κ3) is 5.31. The number of ether oxygens (including phenoxy) is 2. The van der Waals surface area contributed by atoms with Crippen molar-refractivity contribution in [3.8, 4) is 5.75 Å². The molecule has 162 valence electrons. The van der Waals surface area contributed by atoms with Gasteiger partial charge in [-0.15, -0.1) is 0 Å². The molecule has 1 atom stereocenters. The molecule has 31 heavy (non-hydrogen) atoms. The van der Waals surface area contributed by atoms with Crippen molar-refractivity contribution in [2.24, 2.45) is 0 Å². The molecule has 2 aromatic carbocycles. The van der Waals surface area contributed by atoms with E-state index in [-0.39, 0.29) is 12.4 Å². The largest absolute Gasteiger partial charge is 0.445 e. The van der Waals surface area contributed by atoms with Crippen LogP contribution in [0.1, 0.15) is 37.0 Å². The molecule has 0 aliphatic rings. The van der Waals surface area contributed by atoms with Gasteiger partial charge in [0.05, 0.1) is 0 Å². The van der Waals surface area contributed by atoms with Crippen molar-refractivity contribution in [1.82, 2.24) is 5.32 Å². The molecular weight excluding hydrogens is 398 g/mol. The highest BCUT2D eigenvalue weighted by molar-refractivity contribution is 5.87. The summed E-state index contributed by atoms with van der Waals surface area (Å²) in [5.74, 6) is -0.359. The first kappa shape index (κ1) is 22.1. The summed E-state index contributed by atoms with van der Waals surface area (Å²) in [6.07, 6.45) is 0.288. The molecule has 3 aromatic rings. The number of esters is 1. The van der Waals surface area contributed by atoms with E-state index in [0.717, 1.165) is 16.5 Å². The number of amides is 1. The highest BCUT2D eigenvalue weighted by Gasteiger charge is 2.23. The van der Waals surface area contributed by atoms with E-state index in [1.807, 2.05) is 37.3 Å². The van der Waals surface area contributed by atoms with E-state index in [4.69, 9.17) is 13.9 Å². The fourth-order valence-corrected chi connectivity index (χ4v) is 3.23. The van der Waals surface area contributed by atoms with Gasteiger partial charge in [-0.1, -0.05) is 44.2 Å². The summed E-state index contributed by atoms with van der Waals surface area (Å²) in [6, 6.07) is 13.2. The Bertz CT molecular complexity index is 1140. The van der Waals surface area contributed by atoms with Crippen molar-refractivity contribution < 1.29 is 23.5 Å². The Kier molecular flexibility index (Phi) is 7.07. The van der Waals surface area contributed by atoms with E-state index in [0.29, 0.717) is 24.0 Å². The van der Waals surface area contributed by atoms with Gasteiger partial charge in [-0.3, -0.25) is 0 Å². The minimum Gasteiger partial charge on any atom is -0.445 e. The van der Waals surface area contributed by atoms with Crippen LogP contribution in [0.2, 0.25) is 0 Å². The molecule has 1 amide bonds. The van der Waals surface area contributed by atoms with Crippen LogP contribution in [-0.2, 0) is 22.6 Å². The monoisotopic (exact) mass is 423 g/mol. The zero-order chi connectivity index (χ0) is 22.4. The molecule has 1 N–H and O–H groups in total. The molecule has 3 rings (SSSR count). The summed E-state index contributed by atoms with van der Waals surface area (Å²) < 4.78 is 16.0. The molecule has 0 fully saturated rings. The fraction of sp³-hybridized carbons (Fsp3) is 0.292. The molecule has 0 spiro atoms. The number of nitrogens with one attached hydrogen (secondary N) is 1. The van der Waals surface area contributed by atoms with E-state index in [1.165, 1.54) is 6.07 Å². The molecule has 0 aliphatic carbocycles. The molecule has 1 heterocycles. The van der Waals surface area contributed by atoms with Crippen LogP contribution in [0.25, 0.3) is 11.0 Å². The van der Waals surface area contributed by atoms with Crippen LogP contribution < -0.4 is 15.7 Å². The molecular formula is C24H25NO6. The van der Waals surface area contributed by atoms with Crippen molar-refractivity contribution in [3.05, 3.63) is 75.6 Å². The van der Waals surface area contributed by atoms with Gasteiger partial charge in [0.25, 0.3) is 0 Å². The lowest BCUT2D eigenvalue weighted by Crippen LogP contribution is -2.42.